The number of rotatable bonds is 5. The lowest BCUT2D eigenvalue weighted by Crippen LogP contribution is -2.39. The van der Waals surface area contributed by atoms with E-state index in [1.54, 1.807) is 11.8 Å². The van der Waals surface area contributed by atoms with Crippen molar-refractivity contribution in [2.75, 3.05) is 7.11 Å². The van der Waals surface area contributed by atoms with E-state index in [4.69, 9.17) is 4.74 Å². The van der Waals surface area contributed by atoms with E-state index >= 15 is 0 Å². The van der Waals surface area contributed by atoms with Crippen LogP contribution in [0, 0.1) is 0 Å². The molecule has 0 amide bonds. The van der Waals surface area contributed by atoms with Crippen LogP contribution < -0.4 is 0 Å². The van der Waals surface area contributed by atoms with Crippen LogP contribution in [0.1, 0.15) is 44.0 Å². The van der Waals surface area contributed by atoms with Gasteiger partial charge in [-0.25, -0.2) is 0 Å². The summed E-state index contributed by atoms with van der Waals surface area (Å²) in [6, 6.07) is 0. The zero-order valence-corrected chi connectivity index (χ0v) is 13.4. The van der Waals surface area contributed by atoms with E-state index in [2.05, 4.69) is 28.0 Å². The first-order chi connectivity index (χ1) is 9.04. The molecule has 1 aromatic heterocycles. The van der Waals surface area contributed by atoms with Gasteiger partial charge < -0.3 is 4.74 Å². The number of ether oxygens (including phenoxy) is 1. The molecule has 106 valence electrons. The Morgan fingerprint density at radius 1 is 1.47 bits per heavy atom. The maximum Gasteiger partial charge on any atom is 0.170 e. The van der Waals surface area contributed by atoms with Gasteiger partial charge in [0.15, 0.2) is 5.78 Å². The molecule has 0 spiro atoms. The summed E-state index contributed by atoms with van der Waals surface area (Å²) in [5.74, 6) is 0.179. The lowest BCUT2D eigenvalue weighted by molar-refractivity contribution is -0.139. The third kappa shape index (κ3) is 2.63. The molecule has 0 aliphatic heterocycles. The number of nitrogens with zero attached hydrogens (tertiary/aromatic N) is 2. The second kappa shape index (κ2) is 5.75. The number of Topliss-reactive ketones (excluding diaryl/α,β-unsaturated/α-hetero) is 1. The highest BCUT2D eigenvalue weighted by molar-refractivity contribution is 9.10. The van der Waals surface area contributed by atoms with Gasteiger partial charge in [0.25, 0.3) is 0 Å². The normalized spacial score (nSPS) is 17.9. The molecule has 0 radical (unpaired) electrons. The summed E-state index contributed by atoms with van der Waals surface area (Å²) in [5, 5.41) is 4.43. The maximum absolute atomic E-state index is 12.6. The fourth-order valence-corrected chi connectivity index (χ4v) is 3.62. The Morgan fingerprint density at radius 2 is 2.11 bits per heavy atom. The van der Waals surface area contributed by atoms with Gasteiger partial charge >= 0.3 is 0 Å². The minimum atomic E-state index is -0.559. The first-order valence-corrected chi connectivity index (χ1v) is 7.62. The van der Waals surface area contributed by atoms with Crippen LogP contribution in [0.4, 0.5) is 0 Å². The Balaban J connectivity index is 2.21. The van der Waals surface area contributed by atoms with E-state index in [0.717, 1.165) is 48.0 Å². The molecule has 0 atom stereocenters. The van der Waals surface area contributed by atoms with Crippen LogP contribution in [0.5, 0.6) is 0 Å². The molecular formula is C14H21BrN2O2. The summed E-state index contributed by atoms with van der Waals surface area (Å²) in [7, 11) is 3.54. The van der Waals surface area contributed by atoms with Crippen molar-refractivity contribution >= 4 is 21.7 Å². The topological polar surface area (TPSA) is 44.1 Å². The number of aryl methyl sites for hydroxylation is 2. The second-order valence-electron chi connectivity index (χ2n) is 5.19. The lowest BCUT2D eigenvalue weighted by Gasteiger charge is -2.25. The van der Waals surface area contributed by atoms with E-state index in [0.29, 0.717) is 6.42 Å². The van der Waals surface area contributed by atoms with E-state index < -0.39 is 5.60 Å². The molecule has 1 aliphatic carbocycles. The van der Waals surface area contributed by atoms with Crippen LogP contribution in [0.15, 0.2) is 4.47 Å². The van der Waals surface area contributed by atoms with Crippen LogP contribution in [0.25, 0.3) is 0 Å². The molecule has 5 heteroatoms. The molecule has 19 heavy (non-hydrogen) atoms. The number of halogens is 1. The number of carbonyl (C=O) groups is 1. The number of ketones is 1. The second-order valence-corrected chi connectivity index (χ2v) is 5.98. The van der Waals surface area contributed by atoms with Crippen molar-refractivity contribution in [3.8, 4) is 0 Å². The molecule has 1 aromatic rings. The number of hydrogen-bond acceptors (Lipinski definition) is 3. The molecule has 0 bridgehead atoms. The SMILES string of the molecule is CCc1nn(C)c(CC(=O)C2(OC)CCCC2)c1Br. The predicted octanol–water partition coefficient (Wildman–Crippen LogP) is 2.82. The zero-order valence-electron chi connectivity index (χ0n) is 11.8. The van der Waals surface area contributed by atoms with Gasteiger partial charge in [0.05, 0.1) is 22.3 Å². The highest BCUT2D eigenvalue weighted by Crippen LogP contribution is 2.35. The van der Waals surface area contributed by atoms with E-state index in [9.17, 15) is 4.79 Å². The number of aromatic nitrogens is 2. The molecule has 0 aromatic carbocycles. The van der Waals surface area contributed by atoms with Crippen molar-refractivity contribution in [3.63, 3.8) is 0 Å². The van der Waals surface area contributed by atoms with Gasteiger partial charge in [-0.1, -0.05) is 6.92 Å². The molecule has 1 heterocycles. The molecule has 1 aliphatic rings. The third-order valence-corrected chi connectivity index (χ3v) is 5.06. The van der Waals surface area contributed by atoms with Gasteiger partial charge in [0, 0.05) is 14.2 Å². The van der Waals surface area contributed by atoms with Crippen molar-refractivity contribution in [2.24, 2.45) is 7.05 Å². The van der Waals surface area contributed by atoms with E-state index in [1.165, 1.54) is 0 Å². The van der Waals surface area contributed by atoms with Crippen molar-refractivity contribution in [2.45, 2.75) is 51.0 Å². The average molecular weight is 329 g/mol. The fraction of sp³-hybridized carbons (Fsp3) is 0.714. The highest BCUT2D eigenvalue weighted by atomic mass is 79.9. The highest BCUT2D eigenvalue weighted by Gasteiger charge is 2.41. The largest absolute Gasteiger partial charge is 0.370 e. The van der Waals surface area contributed by atoms with Crippen molar-refractivity contribution in [3.05, 3.63) is 15.9 Å². The molecule has 0 saturated heterocycles. The molecule has 1 saturated carbocycles. The van der Waals surface area contributed by atoms with Gasteiger partial charge in [-0.3, -0.25) is 9.48 Å². The molecule has 0 N–H and O–H groups in total. The first kappa shape index (κ1) is 14.7. The number of methoxy groups -OCH3 is 1. The summed E-state index contributed by atoms with van der Waals surface area (Å²) >= 11 is 3.56. The van der Waals surface area contributed by atoms with Crippen LogP contribution in [-0.4, -0.2) is 28.3 Å². The summed E-state index contributed by atoms with van der Waals surface area (Å²) in [6.45, 7) is 2.06. The number of carbonyl (C=O) groups excluding carboxylic acids is 1. The van der Waals surface area contributed by atoms with Crippen LogP contribution >= 0.6 is 15.9 Å². The molecular weight excluding hydrogens is 308 g/mol. The summed E-state index contributed by atoms with van der Waals surface area (Å²) < 4.78 is 8.32. The average Bonchev–Trinajstić information content (AvgIpc) is 2.99. The maximum atomic E-state index is 12.6. The Labute approximate surface area is 122 Å². The van der Waals surface area contributed by atoms with Gasteiger partial charge in [-0.15, -0.1) is 0 Å². The summed E-state index contributed by atoms with van der Waals surface area (Å²) in [4.78, 5) is 12.6. The third-order valence-electron chi connectivity index (χ3n) is 4.14. The van der Waals surface area contributed by atoms with Crippen molar-refractivity contribution in [1.82, 2.24) is 9.78 Å². The lowest BCUT2D eigenvalue weighted by atomic mass is 9.93. The van der Waals surface area contributed by atoms with E-state index in [-0.39, 0.29) is 5.78 Å². The van der Waals surface area contributed by atoms with Gasteiger partial charge in [-0.2, -0.15) is 5.10 Å². The summed E-state index contributed by atoms with van der Waals surface area (Å²) in [6.07, 6.45) is 5.09. The van der Waals surface area contributed by atoms with E-state index in [1.807, 2.05) is 7.05 Å². The monoisotopic (exact) mass is 328 g/mol. The van der Waals surface area contributed by atoms with Gasteiger partial charge in [0.1, 0.15) is 5.60 Å². The molecule has 0 unspecified atom stereocenters. The van der Waals surface area contributed by atoms with Gasteiger partial charge in [0.2, 0.25) is 0 Å². The van der Waals surface area contributed by atoms with Crippen molar-refractivity contribution < 1.29 is 9.53 Å². The predicted molar refractivity (Wildman–Crippen MR) is 77.2 cm³/mol. The van der Waals surface area contributed by atoms with Crippen LogP contribution in [0.3, 0.4) is 0 Å². The first-order valence-electron chi connectivity index (χ1n) is 6.82. The van der Waals surface area contributed by atoms with Gasteiger partial charge in [-0.05, 0) is 48.0 Å². The Morgan fingerprint density at radius 3 is 2.58 bits per heavy atom. The summed E-state index contributed by atoms with van der Waals surface area (Å²) in [5.41, 5.74) is 1.39. The Kier molecular flexibility index (Phi) is 4.46. The zero-order chi connectivity index (χ0) is 14.0. The molecule has 2 rings (SSSR count). The quantitative estimate of drug-likeness (QED) is 0.834. The van der Waals surface area contributed by atoms with Crippen LogP contribution in [-0.2, 0) is 29.4 Å². The van der Waals surface area contributed by atoms with Crippen molar-refractivity contribution in [1.29, 1.82) is 0 Å². The Bertz CT molecular complexity index is 476. The smallest absolute Gasteiger partial charge is 0.170 e. The molecule has 4 nitrogen and oxygen atoms in total. The van der Waals surface area contributed by atoms with Crippen LogP contribution in [0.2, 0.25) is 0 Å². The fourth-order valence-electron chi connectivity index (χ4n) is 2.87. The number of hydrogen-bond donors (Lipinski definition) is 0. The standard InChI is InChI=1S/C14H21BrN2O2/c1-4-10-13(15)11(17(2)16-10)9-12(18)14(19-3)7-5-6-8-14/h4-9H2,1-3H3. The Hall–Kier alpha value is -0.680. The minimum absolute atomic E-state index is 0.179. The minimum Gasteiger partial charge on any atom is -0.370 e. The molecule has 1 fully saturated rings.